The second-order valence-electron chi connectivity index (χ2n) is 7.65. The predicted molar refractivity (Wildman–Crippen MR) is 116 cm³/mol. The van der Waals surface area contributed by atoms with Gasteiger partial charge in [-0.3, -0.25) is 9.59 Å². The molecule has 0 bridgehead atoms. The first-order valence-corrected chi connectivity index (χ1v) is 10.7. The predicted octanol–water partition coefficient (Wildman–Crippen LogP) is 3.57. The van der Waals surface area contributed by atoms with E-state index in [9.17, 15) is 18.8 Å². The van der Waals surface area contributed by atoms with E-state index in [2.05, 4.69) is 5.32 Å². The number of ether oxygens (including phenoxy) is 2. The average molecular weight is 442 g/mol. The van der Waals surface area contributed by atoms with Crippen molar-refractivity contribution in [2.45, 2.75) is 26.2 Å². The molecular weight excluding hydrogens is 415 g/mol. The molecule has 2 aromatic rings. The standard InChI is InChI=1S/C24H27FN2O5/c1-2-31-24(30)32-21-8-6-19(7-9-21)23(29)26-16-17-10-12-27(13-11-17)22(28)15-18-4-3-5-20(25)14-18/h3-9,14,17H,2,10-13,15-16H2,1H3,(H,26,29). The Bertz CT molecular complexity index is 940. The summed E-state index contributed by atoms with van der Waals surface area (Å²) < 4.78 is 23.0. The molecule has 0 saturated carbocycles. The molecule has 3 rings (SSSR count). The Labute approximate surface area is 186 Å². The maximum Gasteiger partial charge on any atom is 0.513 e. The molecule has 0 spiro atoms. The van der Waals surface area contributed by atoms with E-state index in [1.807, 2.05) is 0 Å². The number of amides is 2. The lowest BCUT2D eigenvalue weighted by Gasteiger charge is -2.32. The van der Waals surface area contributed by atoms with Gasteiger partial charge in [-0.05, 0) is 67.6 Å². The zero-order chi connectivity index (χ0) is 22.9. The summed E-state index contributed by atoms with van der Waals surface area (Å²) in [5.74, 6) is 0.0188. The first-order valence-electron chi connectivity index (χ1n) is 10.7. The fraction of sp³-hybridized carbons (Fsp3) is 0.375. The molecule has 32 heavy (non-hydrogen) atoms. The molecule has 8 heteroatoms. The van der Waals surface area contributed by atoms with Gasteiger partial charge in [-0.15, -0.1) is 0 Å². The molecule has 7 nitrogen and oxygen atoms in total. The minimum atomic E-state index is -0.787. The van der Waals surface area contributed by atoms with Crippen LogP contribution in [0.5, 0.6) is 5.75 Å². The summed E-state index contributed by atoms with van der Waals surface area (Å²) in [6, 6.07) is 12.3. The summed E-state index contributed by atoms with van der Waals surface area (Å²) in [4.78, 5) is 38.0. The molecule has 1 heterocycles. The Balaban J connectivity index is 1.40. The molecule has 1 saturated heterocycles. The molecule has 0 atom stereocenters. The van der Waals surface area contributed by atoms with E-state index in [-0.39, 0.29) is 36.6 Å². The van der Waals surface area contributed by atoms with E-state index in [1.165, 1.54) is 24.3 Å². The smallest absolute Gasteiger partial charge is 0.434 e. The third kappa shape index (κ3) is 6.80. The van der Waals surface area contributed by atoms with Crippen LogP contribution in [0.4, 0.5) is 9.18 Å². The van der Waals surface area contributed by atoms with E-state index in [0.29, 0.717) is 36.5 Å². The first-order chi connectivity index (χ1) is 15.4. The highest BCUT2D eigenvalue weighted by atomic mass is 19.1. The number of nitrogens with zero attached hydrogens (tertiary/aromatic N) is 1. The van der Waals surface area contributed by atoms with Crippen LogP contribution in [-0.4, -0.2) is 49.1 Å². The molecule has 1 aliphatic rings. The lowest BCUT2D eigenvalue weighted by Crippen LogP contribution is -2.42. The van der Waals surface area contributed by atoms with Crippen molar-refractivity contribution < 1.29 is 28.2 Å². The fourth-order valence-electron chi connectivity index (χ4n) is 3.58. The maximum absolute atomic E-state index is 13.3. The van der Waals surface area contributed by atoms with Crippen LogP contribution in [-0.2, 0) is 16.0 Å². The molecule has 2 amide bonds. The van der Waals surface area contributed by atoms with Crippen LogP contribution in [0.2, 0.25) is 0 Å². The van der Waals surface area contributed by atoms with Crippen LogP contribution in [0.3, 0.4) is 0 Å². The van der Waals surface area contributed by atoms with Crippen molar-refractivity contribution in [1.82, 2.24) is 10.2 Å². The fourth-order valence-corrected chi connectivity index (χ4v) is 3.58. The Morgan fingerprint density at radius 1 is 1.09 bits per heavy atom. The Morgan fingerprint density at radius 3 is 2.47 bits per heavy atom. The highest BCUT2D eigenvalue weighted by molar-refractivity contribution is 5.94. The quantitative estimate of drug-likeness (QED) is 0.523. The number of likely N-dealkylation sites (tertiary alicyclic amines) is 1. The number of hydrogen-bond acceptors (Lipinski definition) is 5. The molecule has 0 aromatic heterocycles. The SMILES string of the molecule is CCOC(=O)Oc1ccc(C(=O)NCC2CCN(C(=O)Cc3cccc(F)c3)CC2)cc1. The number of benzene rings is 2. The molecular formula is C24H27FN2O5. The molecule has 0 radical (unpaired) electrons. The average Bonchev–Trinajstić information content (AvgIpc) is 2.78. The van der Waals surface area contributed by atoms with Gasteiger partial charge in [0, 0.05) is 25.2 Å². The molecule has 0 aliphatic carbocycles. The minimum absolute atomic E-state index is 0.0109. The number of carbonyl (C=O) groups excluding carboxylic acids is 3. The molecule has 0 unspecified atom stereocenters. The van der Waals surface area contributed by atoms with Crippen LogP contribution < -0.4 is 10.1 Å². The van der Waals surface area contributed by atoms with Crippen molar-refractivity contribution >= 4 is 18.0 Å². The van der Waals surface area contributed by atoms with Crippen molar-refractivity contribution in [1.29, 1.82) is 0 Å². The lowest BCUT2D eigenvalue weighted by molar-refractivity contribution is -0.131. The first kappa shape index (κ1) is 23.2. The molecule has 1 N–H and O–H groups in total. The van der Waals surface area contributed by atoms with Gasteiger partial charge in [0.05, 0.1) is 13.0 Å². The summed E-state index contributed by atoms with van der Waals surface area (Å²) in [5, 5.41) is 2.92. The van der Waals surface area contributed by atoms with Crippen LogP contribution in [0.1, 0.15) is 35.7 Å². The van der Waals surface area contributed by atoms with E-state index in [4.69, 9.17) is 9.47 Å². The van der Waals surface area contributed by atoms with Crippen molar-refractivity contribution in [3.05, 3.63) is 65.5 Å². The van der Waals surface area contributed by atoms with Gasteiger partial charge in [-0.2, -0.15) is 0 Å². The number of halogens is 1. The van der Waals surface area contributed by atoms with Crippen LogP contribution in [0, 0.1) is 11.7 Å². The monoisotopic (exact) mass is 442 g/mol. The number of nitrogens with one attached hydrogen (secondary N) is 1. The largest absolute Gasteiger partial charge is 0.513 e. The topological polar surface area (TPSA) is 84.9 Å². The normalized spacial score (nSPS) is 14.0. The Morgan fingerprint density at radius 2 is 1.81 bits per heavy atom. The zero-order valence-electron chi connectivity index (χ0n) is 18.0. The summed E-state index contributed by atoms with van der Waals surface area (Å²) in [6.45, 7) is 3.66. The Hall–Kier alpha value is -3.42. The van der Waals surface area contributed by atoms with Gasteiger partial charge in [0.15, 0.2) is 0 Å². The van der Waals surface area contributed by atoms with Crippen molar-refractivity contribution in [3.63, 3.8) is 0 Å². The molecule has 1 aliphatic heterocycles. The lowest BCUT2D eigenvalue weighted by atomic mass is 9.96. The third-order valence-electron chi connectivity index (χ3n) is 5.34. The summed E-state index contributed by atoms with van der Waals surface area (Å²) >= 11 is 0. The van der Waals surface area contributed by atoms with Crippen LogP contribution in [0.25, 0.3) is 0 Å². The number of carbonyl (C=O) groups is 3. The van der Waals surface area contributed by atoms with Gasteiger partial charge in [0.2, 0.25) is 5.91 Å². The van der Waals surface area contributed by atoms with Gasteiger partial charge in [-0.25, -0.2) is 9.18 Å². The Kier molecular flexibility index (Phi) is 8.19. The van der Waals surface area contributed by atoms with Gasteiger partial charge >= 0.3 is 6.16 Å². The van der Waals surface area contributed by atoms with Crippen molar-refractivity contribution in [3.8, 4) is 5.75 Å². The van der Waals surface area contributed by atoms with Gasteiger partial charge in [0.25, 0.3) is 5.91 Å². The highest BCUT2D eigenvalue weighted by Gasteiger charge is 2.23. The van der Waals surface area contributed by atoms with Gasteiger partial charge in [0.1, 0.15) is 11.6 Å². The van der Waals surface area contributed by atoms with Gasteiger partial charge in [-0.1, -0.05) is 12.1 Å². The number of hydrogen-bond donors (Lipinski definition) is 1. The van der Waals surface area contributed by atoms with Crippen LogP contribution >= 0.6 is 0 Å². The van der Waals surface area contributed by atoms with Crippen LogP contribution in [0.15, 0.2) is 48.5 Å². The van der Waals surface area contributed by atoms with E-state index >= 15 is 0 Å². The summed E-state index contributed by atoms with van der Waals surface area (Å²) in [5.41, 5.74) is 1.13. The van der Waals surface area contributed by atoms with Crippen molar-refractivity contribution in [2.75, 3.05) is 26.2 Å². The zero-order valence-corrected chi connectivity index (χ0v) is 18.0. The van der Waals surface area contributed by atoms with E-state index in [0.717, 1.165) is 12.8 Å². The van der Waals surface area contributed by atoms with Crippen molar-refractivity contribution in [2.24, 2.45) is 5.92 Å². The molecule has 2 aromatic carbocycles. The highest BCUT2D eigenvalue weighted by Crippen LogP contribution is 2.18. The second kappa shape index (κ2) is 11.3. The third-order valence-corrected chi connectivity index (χ3v) is 5.34. The molecule has 170 valence electrons. The summed E-state index contributed by atoms with van der Waals surface area (Å²) in [7, 11) is 0. The maximum atomic E-state index is 13.3. The number of rotatable bonds is 7. The molecule has 1 fully saturated rings. The number of piperidine rings is 1. The second-order valence-corrected chi connectivity index (χ2v) is 7.65. The van der Waals surface area contributed by atoms with Gasteiger partial charge < -0.3 is 19.7 Å². The van der Waals surface area contributed by atoms with E-state index in [1.54, 1.807) is 36.1 Å². The van der Waals surface area contributed by atoms with E-state index < -0.39 is 6.16 Å². The minimum Gasteiger partial charge on any atom is -0.434 e. The summed E-state index contributed by atoms with van der Waals surface area (Å²) in [6.07, 6.45) is 0.989.